The fraction of sp³-hybridized carbons (Fsp3) is 0.222. The lowest BCUT2D eigenvalue weighted by Crippen LogP contribution is -2.15. The van der Waals surface area contributed by atoms with Crippen LogP contribution in [-0.2, 0) is 4.79 Å². The predicted molar refractivity (Wildman–Crippen MR) is 59.8 cm³/mol. The summed E-state index contributed by atoms with van der Waals surface area (Å²) in [7, 11) is 0. The van der Waals surface area contributed by atoms with Gasteiger partial charge in [0.2, 0.25) is 5.91 Å². The fourth-order valence-electron chi connectivity index (χ4n) is 1.17. The van der Waals surface area contributed by atoms with Crippen molar-refractivity contribution in [2.45, 2.75) is 6.42 Å². The van der Waals surface area contributed by atoms with Crippen molar-refractivity contribution in [3.05, 3.63) is 28.3 Å². The van der Waals surface area contributed by atoms with Crippen LogP contribution in [0.15, 0.2) is 18.2 Å². The second-order valence-corrected chi connectivity index (χ2v) is 3.21. The minimum atomic E-state index is -0.532. The molecule has 0 unspecified atom stereocenters. The van der Waals surface area contributed by atoms with Gasteiger partial charge < -0.3 is 16.8 Å². The largest absolute Gasteiger partial charge is 0.398 e. The Morgan fingerprint density at radius 2 is 2.12 bits per heavy atom. The summed E-state index contributed by atoms with van der Waals surface area (Å²) in [5.74, 6) is -0.439. The standard InChI is InChI=1S/C9H12N4O3/c10-6-3-7(12-2-1-9(11)14)5-8(4-6)13(15)16/h3-5,12H,1-2,10H2,(H2,11,14). The first-order valence-electron chi connectivity index (χ1n) is 4.56. The highest BCUT2D eigenvalue weighted by Gasteiger charge is 2.08. The van der Waals surface area contributed by atoms with E-state index >= 15 is 0 Å². The maximum absolute atomic E-state index is 10.5. The van der Waals surface area contributed by atoms with Crippen LogP contribution in [0.5, 0.6) is 0 Å². The zero-order valence-corrected chi connectivity index (χ0v) is 8.47. The van der Waals surface area contributed by atoms with Gasteiger partial charge in [0.05, 0.1) is 4.92 Å². The van der Waals surface area contributed by atoms with Gasteiger partial charge in [0.25, 0.3) is 5.69 Å². The summed E-state index contributed by atoms with van der Waals surface area (Å²) in [6.45, 7) is 0.315. The monoisotopic (exact) mass is 224 g/mol. The zero-order chi connectivity index (χ0) is 12.1. The third kappa shape index (κ3) is 3.45. The van der Waals surface area contributed by atoms with E-state index in [4.69, 9.17) is 11.5 Å². The molecular formula is C9H12N4O3. The summed E-state index contributed by atoms with van der Waals surface area (Å²) in [6.07, 6.45) is 0.155. The highest BCUT2D eigenvalue weighted by atomic mass is 16.6. The van der Waals surface area contributed by atoms with E-state index in [0.29, 0.717) is 12.2 Å². The van der Waals surface area contributed by atoms with Crippen LogP contribution in [0.1, 0.15) is 6.42 Å². The number of amides is 1. The van der Waals surface area contributed by atoms with Gasteiger partial charge in [0.1, 0.15) is 0 Å². The predicted octanol–water partition coefficient (Wildman–Crippen LogP) is 0.464. The van der Waals surface area contributed by atoms with Crippen LogP contribution in [-0.4, -0.2) is 17.4 Å². The van der Waals surface area contributed by atoms with Crippen LogP contribution in [0.3, 0.4) is 0 Å². The van der Waals surface area contributed by atoms with Gasteiger partial charge in [-0.25, -0.2) is 0 Å². The number of carbonyl (C=O) groups is 1. The Morgan fingerprint density at radius 3 is 2.69 bits per heavy atom. The second-order valence-electron chi connectivity index (χ2n) is 3.21. The second kappa shape index (κ2) is 4.96. The number of anilines is 2. The van der Waals surface area contributed by atoms with Crippen LogP contribution in [0.4, 0.5) is 17.1 Å². The van der Waals surface area contributed by atoms with Gasteiger partial charge in [-0.15, -0.1) is 0 Å². The molecule has 7 heteroatoms. The molecule has 0 aliphatic rings. The number of nitro groups is 1. The van der Waals surface area contributed by atoms with Crippen molar-refractivity contribution in [1.82, 2.24) is 0 Å². The van der Waals surface area contributed by atoms with E-state index in [-0.39, 0.29) is 17.8 Å². The third-order valence-electron chi connectivity index (χ3n) is 1.85. The molecule has 0 aliphatic heterocycles. The molecule has 5 N–H and O–H groups in total. The fourth-order valence-corrected chi connectivity index (χ4v) is 1.17. The van der Waals surface area contributed by atoms with Crippen LogP contribution in [0, 0.1) is 10.1 Å². The number of nitrogens with two attached hydrogens (primary N) is 2. The van der Waals surface area contributed by atoms with Gasteiger partial charge in [-0.2, -0.15) is 0 Å². The van der Waals surface area contributed by atoms with Gasteiger partial charge in [-0.1, -0.05) is 0 Å². The van der Waals surface area contributed by atoms with E-state index in [9.17, 15) is 14.9 Å². The molecule has 1 aromatic carbocycles. The van der Waals surface area contributed by atoms with Crippen LogP contribution in [0.2, 0.25) is 0 Å². The molecular weight excluding hydrogens is 212 g/mol. The maximum Gasteiger partial charge on any atom is 0.273 e. The Labute approximate surface area is 91.6 Å². The van der Waals surface area contributed by atoms with Crippen molar-refractivity contribution in [1.29, 1.82) is 0 Å². The van der Waals surface area contributed by atoms with E-state index in [0.717, 1.165) is 0 Å². The molecule has 0 fully saturated rings. The van der Waals surface area contributed by atoms with Crippen LogP contribution in [0.25, 0.3) is 0 Å². The van der Waals surface area contributed by atoms with Crippen molar-refractivity contribution in [3.8, 4) is 0 Å². The van der Waals surface area contributed by atoms with Gasteiger partial charge in [-0.3, -0.25) is 14.9 Å². The molecule has 86 valence electrons. The number of nitrogens with zero attached hydrogens (tertiary/aromatic N) is 1. The Morgan fingerprint density at radius 1 is 1.44 bits per heavy atom. The molecule has 7 nitrogen and oxygen atoms in total. The van der Waals surface area contributed by atoms with E-state index in [1.807, 2.05) is 0 Å². The number of nitrogens with one attached hydrogen (secondary N) is 1. The van der Waals surface area contributed by atoms with E-state index in [1.165, 1.54) is 12.1 Å². The van der Waals surface area contributed by atoms with Crippen molar-refractivity contribution in [3.63, 3.8) is 0 Å². The number of carbonyl (C=O) groups excluding carboxylic acids is 1. The topological polar surface area (TPSA) is 124 Å². The van der Waals surface area contributed by atoms with Gasteiger partial charge in [-0.05, 0) is 6.07 Å². The normalized spacial score (nSPS) is 9.75. The van der Waals surface area contributed by atoms with E-state index < -0.39 is 10.8 Å². The lowest BCUT2D eigenvalue weighted by atomic mass is 10.2. The van der Waals surface area contributed by atoms with E-state index in [1.54, 1.807) is 6.07 Å². The minimum Gasteiger partial charge on any atom is -0.398 e. The number of nitrogen functional groups attached to an aromatic ring is 1. The van der Waals surface area contributed by atoms with Gasteiger partial charge in [0, 0.05) is 36.5 Å². The van der Waals surface area contributed by atoms with Gasteiger partial charge in [0.15, 0.2) is 0 Å². The Kier molecular flexibility index (Phi) is 3.65. The first kappa shape index (κ1) is 11.8. The highest BCUT2D eigenvalue weighted by molar-refractivity contribution is 5.74. The molecule has 0 aliphatic carbocycles. The van der Waals surface area contributed by atoms with Crippen molar-refractivity contribution in [2.75, 3.05) is 17.6 Å². The molecule has 16 heavy (non-hydrogen) atoms. The Bertz CT molecular complexity index is 419. The first-order valence-corrected chi connectivity index (χ1v) is 4.56. The quantitative estimate of drug-likeness (QED) is 0.380. The molecule has 1 aromatic rings. The maximum atomic E-state index is 10.5. The number of non-ortho nitro benzene ring substituents is 1. The summed E-state index contributed by atoms with van der Waals surface area (Å²) >= 11 is 0. The van der Waals surface area contributed by atoms with Crippen molar-refractivity contribution >= 4 is 23.0 Å². The Balaban J connectivity index is 2.72. The molecule has 0 saturated heterocycles. The molecule has 0 spiro atoms. The molecule has 0 atom stereocenters. The number of rotatable bonds is 5. The molecule has 0 heterocycles. The molecule has 1 rings (SSSR count). The number of hydrogen-bond acceptors (Lipinski definition) is 5. The SMILES string of the molecule is NC(=O)CCNc1cc(N)cc([N+](=O)[O-])c1. The van der Waals surface area contributed by atoms with Crippen molar-refractivity contribution in [2.24, 2.45) is 5.73 Å². The Hall–Kier alpha value is -2.31. The zero-order valence-electron chi connectivity index (χ0n) is 8.47. The van der Waals surface area contributed by atoms with Crippen molar-refractivity contribution < 1.29 is 9.72 Å². The lowest BCUT2D eigenvalue weighted by molar-refractivity contribution is -0.384. The van der Waals surface area contributed by atoms with Crippen LogP contribution >= 0.6 is 0 Å². The number of primary amides is 1. The summed E-state index contributed by atoms with van der Waals surface area (Å²) in [5.41, 5.74) is 11.1. The molecule has 1 amide bonds. The lowest BCUT2D eigenvalue weighted by Gasteiger charge is -2.05. The third-order valence-corrected chi connectivity index (χ3v) is 1.85. The van der Waals surface area contributed by atoms with Crippen LogP contribution < -0.4 is 16.8 Å². The van der Waals surface area contributed by atoms with E-state index in [2.05, 4.69) is 5.32 Å². The number of hydrogen-bond donors (Lipinski definition) is 3. The first-order chi connectivity index (χ1) is 7.49. The summed E-state index contributed by atoms with van der Waals surface area (Å²) in [6, 6.07) is 4.16. The smallest absolute Gasteiger partial charge is 0.273 e. The molecule has 0 bridgehead atoms. The minimum absolute atomic E-state index is 0.0958. The number of benzene rings is 1. The summed E-state index contributed by atoms with van der Waals surface area (Å²) in [5, 5.41) is 13.4. The average molecular weight is 224 g/mol. The highest BCUT2D eigenvalue weighted by Crippen LogP contribution is 2.22. The molecule has 0 saturated carbocycles. The number of nitro benzene ring substituents is 1. The summed E-state index contributed by atoms with van der Waals surface area (Å²) < 4.78 is 0. The molecule has 0 aromatic heterocycles. The molecule has 0 radical (unpaired) electrons. The van der Waals surface area contributed by atoms with Gasteiger partial charge >= 0.3 is 0 Å². The summed E-state index contributed by atoms with van der Waals surface area (Å²) in [4.78, 5) is 20.5. The average Bonchev–Trinajstić information content (AvgIpc) is 2.16.